The van der Waals surface area contributed by atoms with Gasteiger partial charge in [0.2, 0.25) is 11.9 Å². The molecule has 0 fully saturated rings. The minimum absolute atomic E-state index is 0.0244. The number of aliphatic hydroxyl groups excluding tert-OH is 2. The van der Waals surface area contributed by atoms with Gasteiger partial charge >= 0.3 is 0 Å². The second kappa shape index (κ2) is 6.02. The molecule has 0 spiro atoms. The molecule has 0 bridgehead atoms. The van der Waals surface area contributed by atoms with Gasteiger partial charge in [0.25, 0.3) is 5.95 Å². The average Bonchev–Trinajstić information content (AvgIpc) is 2.91. The van der Waals surface area contributed by atoms with Crippen LogP contribution in [0.1, 0.15) is 0 Å². The van der Waals surface area contributed by atoms with Crippen LogP contribution in [0.2, 0.25) is 0 Å². The van der Waals surface area contributed by atoms with Crippen LogP contribution in [0.15, 0.2) is 12.7 Å². The summed E-state index contributed by atoms with van der Waals surface area (Å²) in [5, 5.41) is 21.9. The summed E-state index contributed by atoms with van der Waals surface area (Å²) in [5.41, 5.74) is 5.62. The Balaban J connectivity index is 2.34. The fourth-order valence-corrected chi connectivity index (χ4v) is 1.48. The van der Waals surface area contributed by atoms with Crippen molar-refractivity contribution in [3.05, 3.63) is 12.7 Å². The number of nitrogens with zero attached hydrogens (tertiary/aromatic N) is 7. The van der Waals surface area contributed by atoms with Crippen LogP contribution >= 0.6 is 0 Å². The molecular weight excluding hydrogens is 252 g/mol. The van der Waals surface area contributed by atoms with E-state index in [1.54, 1.807) is 4.90 Å². The smallest absolute Gasteiger partial charge is 0.258 e. The van der Waals surface area contributed by atoms with E-state index in [1.807, 2.05) is 0 Å². The second-order valence-electron chi connectivity index (χ2n) is 3.57. The molecule has 0 aliphatic rings. The highest BCUT2D eigenvalue weighted by Crippen LogP contribution is 2.10. The first-order chi connectivity index (χ1) is 9.24. The van der Waals surface area contributed by atoms with Crippen LogP contribution in [0.3, 0.4) is 0 Å². The molecule has 0 aliphatic carbocycles. The summed E-state index contributed by atoms with van der Waals surface area (Å²) in [4.78, 5) is 17.5. The molecule has 4 N–H and O–H groups in total. The molecule has 2 aromatic rings. The molecule has 0 unspecified atom stereocenters. The van der Waals surface area contributed by atoms with E-state index in [4.69, 9.17) is 15.9 Å². The van der Waals surface area contributed by atoms with Crippen LogP contribution in [0, 0.1) is 0 Å². The number of aliphatic hydroxyl groups is 2. The zero-order chi connectivity index (χ0) is 13.7. The summed E-state index contributed by atoms with van der Waals surface area (Å²) >= 11 is 0. The molecule has 0 aliphatic heterocycles. The van der Waals surface area contributed by atoms with E-state index in [0.717, 1.165) is 0 Å². The lowest BCUT2D eigenvalue weighted by Gasteiger charge is -2.20. The van der Waals surface area contributed by atoms with Gasteiger partial charge in [-0.3, -0.25) is 0 Å². The Hall–Kier alpha value is -2.33. The SMILES string of the molecule is Nc1nc(N(CCO)CCO)nc(-n2cncn2)n1. The molecule has 0 aromatic carbocycles. The fraction of sp³-hybridized carbons (Fsp3) is 0.444. The van der Waals surface area contributed by atoms with Gasteiger partial charge in [0, 0.05) is 13.1 Å². The van der Waals surface area contributed by atoms with Gasteiger partial charge in [-0.25, -0.2) is 4.98 Å². The monoisotopic (exact) mass is 266 g/mol. The van der Waals surface area contributed by atoms with E-state index < -0.39 is 0 Å². The summed E-state index contributed by atoms with van der Waals surface area (Å²) < 4.78 is 1.34. The van der Waals surface area contributed by atoms with E-state index >= 15 is 0 Å². The number of rotatable bonds is 6. The summed E-state index contributed by atoms with van der Waals surface area (Å²) in [6.45, 7) is 0.371. The van der Waals surface area contributed by atoms with Gasteiger partial charge in [-0.2, -0.15) is 24.7 Å². The fourth-order valence-electron chi connectivity index (χ4n) is 1.48. The first kappa shape index (κ1) is 13.1. The Morgan fingerprint density at radius 2 is 1.89 bits per heavy atom. The molecule has 2 rings (SSSR count). The molecule has 0 saturated carbocycles. The van der Waals surface area contributed by atoms with Crippen molar-refractivity contribution >= 4 is 11.9 Å². The van der Waals surface area contributed by atoms with E-state index in [0.29, 0.717) is 0 Å². The van der Waals surface area contributed by atoms with Gasteiger partial charge in [0.15, 0.2) is 0 Å². The zero-order valence-electron chi connectivity index (χ0n) is 10.1. The van der Waals surface area contributed by atoms with Gasteiger partial charge < -0.3 is 20.8 Å². The zero-order valence-corrected chi connectivity index (χ0v) is 10.1. The Labute approximate surface area is 108 Å². The Kier molecular flexibility index (Phi) is 4.15. The van der Waals surface area contributed by atoms with Crippen molar-refractivity contribution < 1.29 is 10.2 Å². The van der Waals surface area contributed by atoms with Crippen molar-refractivity contribution in [3.8, 4) is 5.95 Å². The standard InChI is InChI=1S/C9H14N8O2/c10-7-13-8(16(1-3-18)2-4-19)15-9(14-7)17-6-11-5-12-17/h5-6,18-19H,1-4H2,(H2,10,13,14,15). The van der Waals surface area contributed by atoms with Crippen LogP contribution in [0.5, 0.6) is 0 Å². The van der Waals surface area contributed by atoms with Crippen LogP contribution < -0.4 is 10.6 Å². The third-order valence-corrected chi connectivity index (χ3v) is 2.28. The number of nitrogen functional groups attached to an aromatic ring is 1. The lowest BCUT2D eigenvalue weighted by molar-refractivity contribution is 0.280. The van der Waals surface area contributed by atoms with Crippen LogP contribution in [-0.2, 0) is 0 Å². The second-order valence-corrected chi connectivity index (χ2v) is 3.57. The molecule has 2 aromatic heterocycles. The van der Waals surface area contributed by atoms with Crippen LogP contribution in [-0.4, -0.2) is 66.2 Å². The molecule has 0 radical (unpaired) electrons. The molecule has 102 valence electrons. The van der Waals surface area contributed by atoms with Crippen molar-refractivity contribution in [1.82, 2.24) is 29.7 Å². The molecular formula is C9H14N8O2. The van der Waals surface area contributed by atoms with Gasteiger partial charge in [0.05, 0.1) is 13.2 Å². The first-order valence-corrected chi connectivity index (χ1v) is 5.58. The lowest BCUT2D eigenvalue weighted by atomic mass is 10.5. The molecule has 0 saturated heterocycles. The number of aromatic nitrogens is 6. The molecule has 2 heterocycles. The van der Waals surface area contributed by atoms with Crippen molar-refractivity contribution in [2.45, 2.75) is 0 Å². The van der Waals surface area contributed by atoms with Crippen molar-refractivity contribution in [3.63, 3.8) is 0 Å². The molecule has 19 heavy (non-hydrogen) atoms. The molecule has 10 heteroatoms. The highest BCUT2D eigenvalue weighted by molar-refractivity contribution is 5.37. The number of hydrogen-bond acceptors (Lipinski definition) is 9. The number of hydrogen-bond donors (Lipinski definition) is 3. The Bertz CT molecular complexity index is 511. The maximum Gasteiger partial charge on any atom is 0.258 e. The normalized spacial score (nSPS) is 10.6. The maximum absolute atomic E-state index is 8.99. The molecule has 0 atom stereocenters. The minimum atomic E-state index is -0.0930. The van der Waals surface area contributed by atoms with Crippen molar-refractivity contribution in [2.75, 3.05) is 36.9 Å². The summed E-state index contributed by atoms with van der Waals surface area (Å²) in [5.74, 6) is 0.512. The van der Waals surface area contributed by atoms with Gasteiger partial charge in [0.1, 0.15) is 12.7 Å². The van der Waals surface area contributed by atoms with Gasteiger partial charge in [-0.05, 0) is 0 Å². The molecule has 10 nitrogen and oxygen atoms in total. The maximum atomic E-state index is 8.99. The Morgan fingerprint density at radius 3 is 2.47 bits per heavy atom. The number of nitrogens with two attached hydrogens (primary N) is 1. The van der Waals surface area contributed by atoms with E-state index in [-0.39, 0.29) is 44.1 Å². The van der Waals surface area contributed by atoms with Crippen LogP contribution in [0.25, 0.3) is 5.95 Å². The third kappa shape index (κ3) is 3.11. The highest BCUT2D eigenvalue weighted by Gasteiger charge is 2.13. The topological polar surface area (TPSA) is 139 Å². The van der Waals surface area contributed by atoms with Crippen LogP contribution in [0.4, 0.5) is 11.9 Å². The largest absolute Gasteiger partial charge is 0.395 e. The van der Waals surface area contributed by atoms with Gasteiger partial charge in [-0.1, -0.05) is 0 Å². The summed E-state index contributed by atoms with van der Waals surface area (Å²) in [6.07, 6.45) is 2.78. The third-order valence-electron chi connectivity index (χ3n) is 2.28. The number of anilines is 2. The quantitative estimate of drug-likeness (QED) is 0.532. The summed E-state index contributed by atoms with van der Waals surface area (Å²) in [7, 11) is 0. The van der Waals surface area contributed by atoms with Gasteiger partial charge in [-0.15, -0.1) is 0 Å². The predicted octanol–water partition coefficient (Wildman–Crippen LogP) is -2.17. The lowest BCUT2D eigenvalue weighted by Crippen LogP contribution is -2.32. The van der Waals surface area contributed by atoms with E-state index in [2.05, 4.69) is 25.0 Å². The highest BCUT2D eigenvalue weighted by atomic mass is 16.3. The first-order valence-electron chi connectivity index (χ1n) is 5.58. The van der Waals surface area contributed by atoms with Crippen molar-refractivity contribution in [2.24, 2.45) is 0 Å². The Morgan fingerprint density at radius 1 is 1.16 bits per heavy atom. The average molecular weight is 266 g/mol. The predicted molar refractivity (Wildman–Crippen MR) is 65.5 cm³/mol. The summed E-state index contributed by atoms with van der Waals surface area (Å²) in [6, 6.07) is 0. The molecule has 0 amide bonds. The van der Waals surface area contributed by atoms with E-state index in [1.165, 1.54) is 17.3 Å². The minimum Gasteiger partial charge on any atom is -0.395 e. The van der Waals surface area contributed by atoms with E-state index in [9.17, 15) is 0 Å². The van der Waals surface area contributed by atoms with Crippen molar-refractivity contribution in [1.29, 1.82) is 0 Å².